The average molecular weight is 250 g/mol. The molecular formula is C13H18N2O3. The van der Waals surface area contributed by atoms with Gasteiger partial charge in [0, 0.05) is 6.20 Å². The molecule has 1 amide bonds. The Labute approximate surface area is 106 Å². The maximum Gasteiger partial charge on any atom is 0.410 e. The topological polar surface area (TPSA) is 62.7 Å². The summed E-state index contributed by atoms with van der Waals surface area (Å²) in [6.45, 7) is 5.89. The lowest BCUT2D eigenvalue weighted by molar-refractivity contribution is -0.106. The van der Waals surface area contributed by atoms with Crippen LogP contribution < -0.4 is 0 Å². The first-order valence-electron chi connectivity index (χ1n) is 5.92. The number of aliphatic hydroxyl groups is 1. The molecule has 0 unspecified atom stereocenters. The van der Waals surface area contributed by atoms with Crippen LogP contribution in [0.4, 0.5) is 4.79 Å². The van der Waals surface area contributed by atoms with Gasteiger partial charge in [0.1, 0.15) is 11.2 Å². The molecule has 1 aliphatic rings. The van der Waals surface area contributed by atoms with Gasteiger partial charge < -0.3 is 14.7 Å². The van der Waals surface area contributed by atoms with E-state index in [4.69, 9.17) is 4.74 Å². The van der Waals surface area contributed by atoms with Crippen LogP contribution in [-0.4, -0.2) is 39.8 Å². The van der Waals surface area contributed by atoms with E-state index in [9.17, 15) is 9.90 Å². The standard InChI is InChI=1S/C13H18N2O3/c1-12(2,3)18-11(16)15-8-13(17,9-15)10-6-4-5-7-14-10/h4-7,17H,8-9H2,1-3H3. The minimum Gasteiger partial charge on any atom is -0.444 e. The molecule has 0 bridgehead atoms. The lowest BCUT2D eigenvalue weighted by Crippen LogP contribution is -2.62. The molecule has 1 fully saturated rings. The number of hydrogen-bond acceptors (Lipinski definition) is 4. The maximum absolute atomic E-state index is 11.7. The first kappa shape index (κ1) is 12.8. The number of ether oxygens (including phenoxy) is 1. The number of likely N-dealkylation sites (tertiary alicyclic amines) is 1. The zero-order chi connectivity index (χ0) is 13.4. The van der Waals surface area contributed by atoms with Crippen molar-refractivity contribution in [3.05, 3.63) is 30.1 Å². The molecule has 1 N–H and O–H groups in total. The number of pyridine rings is 1. The van der Waals surface area contributed by atoms with Crippen LogP contribution in [0.25, 0.3) is 0 Å². The third-order valence-electron chi connectivity index (χ3n) is 2.70. The molecule has 2 rings (SSSR count). The van der Waals surface area contributed by atoms with Gasteiger partial charge in [0.25, 0.3) is 0 Å². The fraction of sp³-hybridized carbons (Fsp3) is 0.538. The molecule has 5 nitrogen and oxygen atoms in total. The zero-order valence-corrected chi connectivity index (χ0v) is 10.9. The van der Waals surface area contributed by atoms with Crippen molar-refractivity contribution in [1.29, 1.82) is 0 Å². The molecule has 1 aromatic heterocycles. The second kappa shape index (κ2) is 4.24. The summed E-state index contributed by atoms with van der Waals surface area (Å²) >= 11 is 0. The Morgan fingerprint density at radius 1 is 1.44 bits per heavy atom. The van der Waals surface area contributed by atoms with Gasteiger partial charge in [-0.25, -0.2) is 4.79 Å². The predicted octanol–water partition coefficient (Wildman–Crippen LogP) is 1.52. The highest BCUT2D eigenvalue weighted by atomic mass is 16.6. The van der Waals surface area contributed by atoms with Gasteiger partial charge in [-0.3, -0.25) is 4.98 Å². The van der Waals surface area contributed by atoms with E-state index in [1.54, 1.807) is 18.3 Å². The van der Waals surface area contributed by atoms with Crippen molar-refractivity contribution in [2.24, 2.45) is 0 Å². The summed E-state index contributed by atoms with van der Waals surface area (Å²) in [4.78, 5) is 17.3. The van der Waals surface area contributed by atoms with E-state index in [1.165, 1.54) is 4.90 Å². The Kier molecular flexibility index (Phi) is 3.02. The van der Waals surface area contributed by atoms with Gasteiger partial charge in [0.2, 0.25) is 0 Å². The number of carbonyl (C=O) groups is 1. The molecule has 0 aromatic carbocycles. The highest BCUT2D eigenvalue weighted by Gasteiger charge is 2.47. The van der Waals surface area contributed by atoms with Crippen LogP contribution in [0, 0.1) is 0 Å². The number of β-amino-alcohol motifs (C(OH)–C–C–N with tert-alkyl or cyclic N) is 1. The fourth-order valence-electron chi connectivity index (χ4n) is 1.84. The van der Waals surface area contributed by atoms with Crippen LogP contribution in [0.15, 0.2) is 24.4 Å². The highest BCUT2D eigenvalue weighted by Crippen LogP contribution is 2.31. The Morgan fingerprint density at radius 3 is 2.61 bits per heavy atom. The summed E-state index contributed by atoms with van der Waals surface area (Å²) in [6.07, 6.45) is 1.23. The quantitative estimate of drug-likeness (QED) is 0.820. The summed E-state index contributed by atoms with van der Waals surface area (Å²) in [7, 11) is 0. The fourth-order valence-corrected chi connectivity index (χ4v) is 1.84. The van der Waals surface area contributed by atoms with Gasteiger partial charge >= 0.3 is 6.09 Å². The van der Waals surface area contributed by atoms with Gasteiger partial charge in [0.15, 0.2) is 0 Å². The minimum absolute atomic E-state index is 0.221. The second-order valence-corrected chi connectivity index (χ2v) is 5.58. The minimum atomic E-state index is -1.04. The Bertz CT molecular complexity index is 433. The number of carbonyl (C=O) groups excluding carboxylic acids is 1. The molecule has 1 aliphatic heterocycles. The second-order valence-electron chi connectivity index (χ2n) is 5.58. The number of rotatable bonds is 1. The Hall–Kier alpha value is -1.62. The zero-order valence-electron chi connectivity index (χ0n) is 10.9. The number of nitrogens with zero attached hydrogens (tertiary/aromatic N) is 2. The Morgan fingerprint density at radius 2 is 2.11 bits per heavy atom. The van der Waals surface area contributed by atoms with Crippen LogP contribution >= 0.6 is 0 Å². The molecule has 0 saturated carbocycles. The van der Waals surface area contributed by atoms with E-state index >= 15 is 0 Å². The normalized spacial score (nSPS) is 18.1. The van der Waals surface area contributed by atoms with E-state index in [-0.39, 0.29) is 13.1 Å². The lowest BCUT2D eigenvalue weighted by atomic mass is 9.90. The predicted molar refractivity (Wildman–Crippen MR) is 65.9 cm³/mol. The molecule has 0 aliphatic carbocycles. The third-order valence-corrected chi connectivity index (χ3v) is 2.70. The highest BCUT2D eigenvalue weighted by molar-refractivity contribution is 5.69. The van der Waals surface area contributed by atoms with Gasteiger partial charge in [-0.15, -0.1) is 0 Å². The molecule has 0 radical (unpaired) electrons. The lowest BCUT2D eigenvalue weighted by Gasteiger charge is -2.45. The Balaban J connectivity index is 1.96. The van der Waals surface area contributed by atoms with Crippen molar-refractivity contribution in [3.8, 4) is 0 Å². The summed E-state index contributed by atoms with van der Waals surface area (Å²) < 4.78 is 5.23. The van der Waals surface area contributed by atoms with Crippen molar-refractivity contribution in [2.75, 3.05) is 13.1 Å². The van der Waals surface area contributed by atoms with Crippen LogP contribution in [0.2, 0.25) is 0 Å². The van der Waals surface area contributed by atoms with Crippen molar-refractivity contribution < 1.29 is 14.6 Å². The van der Waals surface area contributed by atoms with Gasteiger partial charge in [-0.2, -0.15) is 0 Å². The summed E-state index contributed by atoms with van der Waals surface area (Å²) in [5.74, 6) is 0. The average Bonchev–Trinajstić information content (AvgIpc) is 2.23. The molecule has 0 atom stereocenters. The SMILES string of the molecule is CC(C)(C)OC(=O)N1CC(O)(c2ccccn2)C1. The number of amides is 1. The summed E-state index contributed by atoms with van der Waals surface area (Å²) in [5, 5.41) is 10.3. The van der Waals surface area contributed by atoms with Gasteiger partial charge in [-0.05, 0) is 32.9 Å². The molecule has 2 heterocycles. The maximum atomic E-state index is 11.7. The molecule has 98 valence electrons. The van der Waals surface area contributed by atoms with E-state index in [0.717, 1.165) is 0 Å². The van der Waals surface area contributed by atoms with Crippen LogP contribution in [-0.2, 0) is 10.3 Å². The summed E-state index contributed by atoms with van der Waals surface area (Å²) in [5.41, 5.74) is -0.974. The van der Waals surface area contributed by atoms with Crippen LogP contribution in [0.3, 0.4) is 0 Å². The number of aromatic nitrogens is 1. The molecule has 1 aromatic rings. The molecular weight excluding hydrogens is 232 g/mol. The van der Waals surface area contributed by atoms with Crippen molar-refractivity contribution in [2.45, 2.75) is 32.0 Å². The number of hydrogen-bond donors (Lipinski definition) is 1. The van der Waals surface area contributed by atoms with Crippen molar-refractivity contribution >= 4 is 6.09 Å². The first-order chi connectivity index (χ1) is 8.30. The summed E-state index contributed by atoms with van der Waals surface area (Å²) in [6, 6.07) is 5.36. The van der Waals surface area contributed by atoms with E-state index in [0.29, 0.717) is 5.69 Å². The van der Waals surface area contributed by atoms with Gasteiger partial charge in [0.05, 0.1) is 18.8 Å². The van der Waals surface area contributed by atoms with Crippen LogP contribution in [0.5, 0.6) is 0 Å². The third kappa shape index (κ3) is 2.61. The molecule has 0 spiro atoms. The molecule has 1 saturated heterocycles. The molecule has 18 heavy (non-hydrogen) atoms. The molecule has 5 heteroatoms. The van der Waals surface area contributed by atoms with Crippen molar-refractivity contribution in [1.82, 2.24) is 9.88 Å². The van der Waals surface area contributed by atoms with E-state index in [2.05, 4.69) is 4.98 Å². The first-order valence-corrected chi connectivity index (χ1v) is 5.92. The van der Waals surface area contributed by atoms with Crippen LogP contribution in [0.1, 0.15) is 26.5 Å². The van der Waals surface area contributed by atoms with E-state index in [1.807, 2.05) is 26.8 Å². The van der Waals surface area contributed by atoms with E-state index < -0.39 is 17.3 Å². The largest absolute Gasteiger partial charge is 0.444 e. The monoisotopic (exact) mass is 250 g/mol. The smallest absolute Gasteiger partial charge is 0.410 e. The van der Waals surface area contributed by atoms with Crippen molar-refractivity contribution in [3.63, 3.8) is 0 Å². The van der Waals surface area contributed by atoms with Gasteiger partial charge in [-0.1, -0.05) is 6.07 Å².